The third-order valence-corrected chi connectivity index (χ3v) is 4.81. The van der Waals surface area contributed by atoms with E-state index in [2.05, 4.69) is 40.9 Å². The number of β-amino-alcohol motifs (C(OH)–C–C–N with tert-alkyl or cyclic N) is 1. The Bertz CT molecular complexity index is 473. The smallest absolute Gasteiger partial charge is 0.0948 e. The Hall–Kier alpha value is -1.13. The first kappa shape index (κ1) is 21.9. The van der Waals surface area contributed by atoms with Crippen LogP contribution in [0.25, 0.3) is 0 Å². The van der Waals surface area contributed by atoms with E-state index >= 15 is 0 Å². The fraction of sp³-hybridized carbons (Fsp3) is 0.762. The molecule has 1 saturated heterocycles. The lowest BCUT2D eigenvalue weighted by Gasteiger charge is -2.42. The molecule has 0 radical (unpaired) electrons. The molecule has 25 heavy (non-hydrogen) atoms. The van der Waals surface area contributed by atoms with Crippen LogP contribution in [0, 0.1) is 0 Å². The SMILES string of the molecule is CC.CC.CCc1ccc(N2CCCC(O)(CN(C)C3CC3)C2)cn1. The molecule has 3 rings (SSSR count). The number of aryl methyl sites for hydroxylation is 1. The van der Waals surface area contributed by atoms with Crippen LogP contribution < -0.4 is 4.90 Å². The van der Waals surface area contributed by atoms with E-state index in [0.29, 0.717) is 6.04 Å². The summed E-state index contributed by atoms with van der Waals surface area (Å²) in [6.07, 6.45) is 7.45. The van der Waals surface area contributed by atoms with Crippen molar-refractivity contribution in [2.75, 3.05) is 31.6 Å². The molecule has 1 aromatic rings. The summed E-state index contributed by atoms with van der Waals surface area (Å²) in [6.45, 7) is 12.6. The molecule has 1 aliphatic carbocycles. The number of anilines is 1. The number of nitrogens with zero attached hydrogens (tertiary/aromatic N) is 3. The van der Waals surface area contributed by atoms with Crippen molar-refractivity contribution in [3.63, 3.8) is 0 Å². The summed E-state index contributed by atoms with van der Waals surface area (Å²) in [5.41, 5.74) is 1.68. The second kappa shape index (κ2) is 10.8. The highest BCUT2D eigenvalue weighted by molar-refractivity contribution is 5.45. The number of rotatable bonds is 5. The second-order valence-electron chi connectivity index (χ2n) is 6.76. The summed E-state index contributed by atoms with van der Waals surface area (Å²) in [6, 6.07) is 4.94. The number of aliphatic hydroxyl groups is 1. The van der Waals surface area contributed by atoms with Crippen LogP contribution in [0.15, 0.2) is 18.3 Å². The lowest BCUT2D eigenvalue weighted by molar-refractivity contribution is -0.00343. The lowest BCUT2D eigenvalue weighted by atomic mass is 9.92. The Labute approximate surface area is 155 Å². The van der Waals surface area contributed by atoms with E-state index in [0.717, 1.165) is 50.3 Å². The van der Waals surface area contributed by atoms with Crippen molar-refractivity contribution in [1.29, 1.82) is 0 Å². The van der Waals surface area contributed by atoms with E-state index < -0.39 is 5.60 Å². The van der Waals surface area contributed by atoms with Gasteiger partial charge in [-0.3, -0.25) is 4.98 Å². The third kappa shape index (κ3) is 6.59. The standard InChI is InChI=1S/C17H27N3O.2C2H6/c1-3-14-5-6-16(11-18-14)20-10-4-9-17(21,13-20)12-19(2)15-7-8-15;2*1-2/h5-6,11,15,21H,3-4,7-10,12-13H2,1-2H3;2*1-2H3. The summed E-state index contributed by atoms with van der Waals surface area (Å²) in [7, 11) is 2.15. The molecule has 4 heteroatoms. The molecule has 144 valence electrons. The van der Waals surface area contributed by atoms with E-state index in [4.69, 9.17) is 0 Å². The van der Waals surface area contributed by atoms with Crippen LogP contribution in [0.4, 0.5) is 5.69 Å². The summed E-state index contributed by atoms with van der Waals surface area (Å²) >= 11 is 0. The molecule has 1 aliphatic heterocycles. The minimum Gasteiger partial charge on any atom is -0.387 e. The Kier molecular flexibility index (Phi) is 9.44. The number of likely N-dealkylation sites (N-methyl/N-ethyl adjacent to an activating group) is 1. The highest BCUT2D eigenvalue weighted by Gasteiger charge is 2.37. The van der Waals surface area contributed by atoms with E-state index in [9.17, 15) is 5.11 Å². The molecule has 0 amide bonds. The van der Waals surface area contributed by atoms with Crippen molar-refractivity contribution < 1.29 is 5.11 Å². The van der Waals surface area contributed by atoms with Gasteiger partial charge in [-0.1, -0.05) is 34.6 Å². The van der Waals surface area contributed by atoms with Gasteiger partial charge in [0.15, 0.2) is 0 Å². The average Bonchev–Trinajstić information content (AvgIpc) is 3.50. The van der Waals surface area contributed by atoms with Crippen LogP contribution in [0.5, 0.6) is 0 Å². The van der Waals surface area contributed by atoms with E-state index in [1.165, 1.54) is 12.8 Å². The van der Waals surface area contributed by atoms with E-state index in [1.807, 2.05) is 33.9 Å². The Morgan fingerprint density at radius 1 is 1.24 bits per heavy atom. The minimum atomic E-state index is -0.584. The van der Waals surface area contributed by atoms with Gasteiger partial charge < -0.3 is 14.9 Å². The van der Waals surface area contributed by atoms with Gasteiger partial charge in [0.1, 0.15) is 0 Å². The van der Waals surface area contributed by atoms with Crippen molar-refractivity contribution >= 4 is 5.69 Å². The second-order valence-corrected chi connectivity index (χ2v) is 6.76. The van der Waals surface area contributed by atoms with Crippen LogP contribution >= 0.6 is 0 Å². The van der Waals surface area contributed by atoms with E-state index in [-0.39, 0.29) is 0 Å². The molecule has 1 unspecified atom stereocenters. The fourth-order valence-corrected chi connectivity index (χ4v) is 3.38. The van der Waals surface area contributed by atoms with Gasteiger partial charge in [-0.2, -0.15) is 0 Å². The lowest BCUT2D eigenvalue weighted by Crippen LogP contribution is -2.54. The molecule has 1 N–H and O–H groups in total. The summed E-state index contributed by atoms with van der Waals surface area (Å²) in [5, 5.41) is 10.9. The van der Waals surface area contributed by atoms with Crippen molar-refractivity contribution in [2.45, 2.75) is 78.4 Å². The molecule has 0 spiro atoms. The normalized spacial score (nSPS) is 22.6. The maximum Gasteiger partial charge on any atom is 0.0948 e. The first-order valence-corrected chi connectivity index (χ1v) is 10.2. The van der Waals surface area contributed by atoms with Crippen LogP contribution in [0.1, 0.15) is 66.0 Å². The van der Waals surface area contributed by atoms with Crippen LogP contribution in [0.2, 0.25) is 0 Å². The maximum absolute atomic E-state index is 10.9. The molecule has 4 nitrogen and oxygen atoms in total. The van der Waals surface area contributed by atoms with E-state index in [1.54, 1.807) is 0 Å². The molecule has 0 aromatic carbocycles. The zero-order valence-corrected chi connectivity index (χ0v) is 17.3. The largest absolute Gasteiger partial charge is 0.387 e. The molecule has 2 fully saturated rings. The first-order valence-electron chi connectivity index (χ1n) is 10.2. The molecule has 1 aromatic heterocycles. The van der Waals surface area contributed by atoms with Gasteiger partial charge in [0.05, 0.1) is 17.5 Å². The zero-order valence-electron chi connectivity index (χ0n) is 17.3. The molecular formula is C21H39N3O. The molecule has 2 heterocycles. The van der Waals surface area contributed by atoms with Crippen LogP contribution in [0.3, 0.4) is 0 Å². The highest BCUT2D eigenvalue weighted by Crippen LogP contribution is 2.31. The van der Waals surface area contributed by atoms with Crippen molar-refractivity contribution in [2.24, 2.45) is 0 Å². The average molecular weight is 350 g/mol. The van der Waals surface area contributed by atoms with Gasteiger partial charge in [-0.05, 0) is 51.3 Å². The quantitative estimate of drug-likeness (QED) is 0.868. The molecule has 1 atom stereocenters. The number of pyridine rings is 1. The monoisotopic (exact) mass is 349 g/mol. The van der Waals surface area contributed by atoms with Gasteiger partial charge in [-0.15, -0.1) is 0 Å². The molecule has 1 saturated carbocycles. The number of piperidine rings is 1. The number of hydrogen-bond donors (Lipinski definition) is 1. The summed E-state index contributed by atoms with van der Waals surface area (Å²) < 4.78 is 0. The minimum absolute atomic E-state index is 0.584. The Morgan fingerprint density at radius 3 is 2.44 bits per heavy atom. The van der Waals surface area contributed by atoms with Gasteiger partial charge in [-0.25, -0.2) is 0 Å². The molecule has 2 aliphatic rings. The van der Waals surface area contributed by atoms with Crippen molar-refractivity contribution in [3.05, 3.63) is 24.0 Å². The van der Waals surface area contributed by atoms with Crippen LogP contribution in [-0.4, -0.2) is 53.3 Å². The predicted octanol–water partition coefficient (Wildman–Crippen LogP) is 4.12. The fourth-order valence-electron chi connectivity index (χ4n) is 3.38. The van der Waals surface area contributed by atoms with Gasteiger partial charge in [0, 0.05) is 31.4 Å². The first-order chi connectivity index (χ1) is 12.1. The van der Waals surface area contributed by atoms with Crippen molar-refractivity contribution in [3.8, 4) is 0 Å². The number of aromatic nitrogens is 1. The summed E-state index contributed by atoms with van der Waals surface area (Å²) in [4.78, 5) is 9.11. The highest BCUT2D eigenvalue weighted by atomic mass is 16.3. The van der Waals surface area contributed by atoms with Gasteiger partial charge in [0.25, 0.3) is 0 Å². The zero-order chi connectivity index (χ0) is 18.9. The topological polar surface area (TPSA) is 39.6 Å². The third-order valence-electron chi connectivity index (χ3n) is 4.81. The molecular weight excluding hydrogens is 310 g/mol. The van der Waals surface area contributed by atoms with Gasteiger partial charge in [0.2, 0.25) is 0 Å². The summed E-state index contributed by atoms with van der Waals surface area (Å²) in [5.74, 6) is 0. The Balaban J connectivity index is 0.000000730. The Morgan fingerprint density at radius 2 is 1.92 bits per heavy atom. The van der Waals surface area contributed by atoms with Crippen molar-refractivity contribution in [1.82, 2.24) is 9.88 Å². The van der Waals surface area contributed by atoms with Crippen LogP contribution in [-0.2, 0) is 6.42 Å². The predicted molar refractivity (Wildman–Crippen MR) is 108 cm³/mol. The maximum atomic E-state index is 10.9. The molecule has 0 bridgehead atoms. The number of hydrogen-bond acceptors (Lipinski definition) is 4. The van der Waals surface area contributed by atoms with Gasteiger partial charge >= 0.3 is 0 Å².